The molecule has 0 spiro atoms. The minimum Gasteiger partial charge on any atom is -0.444 e. The Morgan fingerprint density at radius 1 is 1.20 bits per heavy atom. The molecule has 1 N–H and O–H groups in total. The molecule has 0 atom stereocenters. The van der Waals surface area contributed by atoms with Gasteiger partial charge in [0.15, 0.2) is 0 Å². The first-order valence-corrected chi connectivity index (χ1v) is 10.1. The summed E-state index contributed by atoms with van der Waals surface area (Å²) in [4.78, 5) is 39.4. The Morgan fingerprint density at radius 2 is 1.90 bits per heavy atom. The van der Waals surface area contributed by atoms with Crippen molar-refractivity contribution in [3.8, 4) is 5.75 Å². The number of amides is 1. The van der Waals surface area contributed by atoms with Crippen LogP contribution in [0.15, 0.2) is 24.3 Å². The van der Waals surface area contributed by atoms with Gasteiger partial charge in [-0.15, -0.1) is 10.1 Å². The summed E-state index contributed by atoms with van der Waals surface area (Å²) in [6.07, 6.45) is 4.36. The number of nitrogens with one attached hydrogen (secondary N) is 1. The van der Waals surface area contributed by atoms with E-state index >= 15 is 0 Å². The summed E-state index contributed by atoms with van der Waals surface area (Å²) in [7, 11) is 0. The molecule has 2 rings (SSSR count). The SMILES string of the molecule is CC(C)(C)OC(=O)NCC1(CC(=O)Oc2cccc(CO[N+](=O)[O-])c2)CCCCC1. The van der Waals surface area contributed by atoms with E-state index in [9.17, 15) is 19.7 Å². The Kier molecular flexibility index (Phi) is 8.02. The molecule has 0 aromatic heterocycles. The molecule has 30 heavy (non-hydrogen) atoms. The van der Waals surface area contributed by atoms with Gasteiger partial charge in [0.05, 0.1) is 6.42 Å². The number of hydrogen-bond acceptors (Lipinski definition) is 7. The van der Waals surface area contributed by atoms with Crippen molar-refractivity contribution in [3.63, 3.8) is 0 Å². The van der Waals surface area contributed by atoms with Crippen LogP contribution in [0.3, 0.4) is 0 Å². The smallest absolute Gasteiger partial charge is 0.407 e. The molecular formula is C21H30N2O7. The fourth-order valence-corrected chi connectivity index (χ4v) is 3.59. The molecule has 1 amide bonds. The van der Waals surface area contributed by atoms with Gasteiger partial charge in [0.25, 0.3) is 5.09 Å². The lowest BCUT2D eigenvalue weighted by atomic mass is 9.71. The lowest BCUT2D eigenvalue weighted by Gasteiger charge is -2.36. The summed E-state index contributed by atoms with van der Waals surface area (Å²) in [5.41, 5.74) is -0.443. The van der Waals surface area contributed by atoms with Gasteiger partial charge in [0, 0.05) is 6.54 Å². The second kappa shape index (κ2) is 10.3. The van der Waals surface area contributed by atoms with Crippen LogP contribution >= 0.6 is 0 Å². The number of alkyl carbamates (subject to hydrolysis) is 1. The number of esters is 1. The van der Waals surface area contributed by atoms with Crippen LogP contribution in [-0.4, -0.2) is 29.3 Å². The standard InChI is InChI=1S/C21H30N2O7/c1-20(2,3)30-19(25)22-15-21(10-5-4-6-11-21)13-18(24)29-17-9-7-8-16(12-17)14-28-23(26)27/h7-9,12H,4-6,10-11,13-15H2,1-3H3,(H,22,25). The highest BCUT2D eigenvalue weighted by Crippen LogP contribution is 2.39. The first-order valence-electron chi connectivity index (χ1n) is 10.1. The minimum absolute atomic E-state index is 0.165. The molecule has 0 radical (unpaired) electrons. The number of carbonyl (C=O) groups excluding carboxylic acids is 2. The second-order valence-corrected chi connectivity index (χ2v) is 8.71. The van der Waals surface area contributed by atoms with E-state index in [1.165, 1.54) is 6.07 Å². The summed E-state index contributed by atoms with van der Waals surface area (Å²) < 4.78 is 10.8. The summed E-state index contributed by atoms with van der Waals surface area (Å²) in [6, 6.07) is 6.43. The Hall–Kier alpha value is -2.84. The Morgan fingerprint density at radius 3 is 2.53 bits per heavy atom. The average Bonchev–Trinajstić information content (AvgIpc) is 2.64. The fourth-order valence-electron chi connectivity index (χ4n) is 3.59. The third kappa shape index (κ3) is 8.26. The maximum atomic E-state index is 12.6. The summed E-state index contributed by atoms with van der Waals surface area (Å²) in [6.45, 7) is 5.51. The van der Waals surface area contributed by atoms with Gasteiger partial charge in [0.2, 0.25) is 0 Å². The van der Waals surface area contributed by atoms with Gasteiger partial charge in [-0.2, -0.15) is 0 Å². The monoisotopic (exact) mass is 422 g/mol. The Labute approximate surface area is 176 Å². The second-order valence-electron chi connectivity index (χ2n) is 8.71. The van der Waals surface area contributed by atoms with Gasteiger partial charge in [-0.1, -0.05) is 31.4 Å². The number of benzene rings is 1. The van der Waals surface area contributed by atoms with E-state index in [4.69, 9.17) is 9.47 Å². The van der Waals surface area contributed by atoms with Gasteiger partial charge < -0.3 is 19.6 Å². The van der Waals surface area contributed by atoms with Crippen molar-refractivity contribution in [2.75, 3.05) is 6.54 Å². The van der Waals surface area contributed by atoms with Crippen molar-refractivity contribution in [1.29, 1.82) is 0 Å². The lowest BCUT2D eigenvalue weighted by molar-refractivity contribution is -0.763. The molecule has 1 saturated carbocycles. The van der Waals surface area contributed by atoms with Crippen LogP contribution in [-0.2, 0) is 21.0 Å². The maximum Gasteiger partial charge on any atom is 0.407 e. The number of hydrogen-bond donors (Lipinski definition) is 1. The molecule has 166 valence electrons. The van der Waals surface area contributed by atoms with Crippen molar-refractivity contribution in [2.24, 2.45) is 5.41 Å². The normalized spacial score (nSPS) is 15.7. The van der Waals surface area contributed by atoms with Crippen LogP contribution in [0.25, 0.3) is 0 Å². The average molecular weight is 422 g/mol. The minimum atomic E-state index is -0.872. The van der Waals surface area contributed by atoms with E-state index in [-0.39, 0.29) is 18.4 Å². The predicted molar refractivity (Wildman–Crippen MR) is 108 cm³/mol. The molecule has 0 saturated heterocycles. The third-order valence-electron chi connectivity index (χ3n) is 4.91. The van der Waals surface area contributed by atoms with Gasteiger partial charge in [0.1, 0.15) is 18.0 Å². The number of ether oxygens (including phenoxy) is 2. The molecule has 9 nitrogen and oxygen atoms in total. The molecule has 1 aromatic rings. The van der Waals surface area contributed by atoms with Crippen LogP contribution in [0.2, 0.25) is 0 Å². The van der Waals surface area contributed by atoms with Gasteiger partial charge in [-0.3, -0.25) is 4.79 Å². The van der Waals surface area contributed by atoms with Crippen molar-refractivity contribution in [1.82, 2.24) is 5.32 Å². The summed E-state index contributed by atoms with van der Waals surface area (Å²) >= 11 is 0. The third-order valence-corrected chi connectivity index (χ3v) is 4.91. The van der Waals surface area contributed by atoms with Crippen LogP contribution in [0.1, 0.15) is 64.9 Å². The molecule has 0 unspecified atom stereocenters. The van der Waals surface area contributed by atoms with E-state index in [0.717, 1.165) is 32.1 Å². The van der Waals surface area contributed by atoms with E-state index in [1.807, 2.05) is 0 Å². The Bertz CT molecular complexity index is 752. The largest absolute Gasteiger partial charge is 0.444 e. The highest BCUT2D eigenvalue weighted by Gasteiger charge is 2.36. The molecule has 9 heteroatoms. The Balaban J connectivity index is 1.97. The van der Waals surface area contributed by atoms with Crippen molar-refractivity contribution in [3.05, 3.63) is 39.9 Å². The van der Waals surface area contributed by atoms with E-state index in [2.05, 4.69) is 10.2 Å². The van der Waals surface area contributed by atoms with Crippen LogP contribution in [0, 0.1) is 15.5 Å². The number of nitrogens with zero attached hydrogens (tertiary/aromatic N) is 1. The predicted octanol–water partition coefficient (Wildman–Crippen LogP) is 4.17. The van der Waals surface area contributed by atoms with E-state index in [0.29, 0.717) is 17.9 Å². The summed E-state index contributed by atoms with van der Waals surface area (Å²) in [5, 5.41) is 12.3. The zero-order valence-corrected chi connectivity index (χ0v) is 17.8. The number of rotatable bonds is 8. The zero-order valence-electron chi connectivity index (χ0n) is 17.8. The lowest BCUT2D eigenvalue weighted by Crippen LogP contribution is -2.42. The van der Waals surface area contributed by atoms with Gasteiger partial charge in [-0.25, -0.2) is 4.79 Å². The van der Waals surface area contributed by atoms with Crippen molar-refractivity contribution >= 4 is 12.1 Å². The van der Waals surface area contributed by atoms with Crippen molar-refractivity contribution in [2.45, 2.75) is 71.5 Å². The number of carbonyl (C=O) groups is 2. The first-order chi connectivity index (χ1) is 14.1. The van der Waals surface area contributed by atoms with Crippen LogP contribution < -0.4 is 10.1 Å². The molecule has 1 aliphatic rings. The molecule has 0 heterocycles. The highest BCUT2D eigenvalue weighted by atomic mass is 16.9. The van der Waals surface area contributed by atoms with Gasteiger partial charge in [-0.05, 0) is 56.7 Å². The van der Waals surface area contributed by atoms with Crippen LogP contribution in [0.5, 0.6) is 5.75 Å². The van der Waals surface area contributed by atoms with Gasteiger partial charge >= 0.3 is 12.1 Å². The highest BCUT2D eigenvalue weighted by molar-refractivity contribution is 5.73. The quantitative estimate of drug-likeness (QED) is 0.289. The molecule has 0 aliphatic heterocycles. The van der Waals surface area contributed by atoms with Crippen molar-refractivity contribution < 1.29 is 29.0 Å². The van der Waals surface area contributed by atoms with Crippen LogP contribution in [0.4, 0.5) is 4.79 Å². The fraction of sp³-hybridized carbons (Fsp3) is 0.619. The molecule has 1 fully saturated rings. The maximum absolute atomic E-state index is 12.6. The van der Waals surface area contributed by atoms with E-state index < -0.39 is 22.8 Å². The first kappa shape index (κ1) is 23.4. The van der Waals surface area contributed by atoms with E-state index in [1.54, 1.807) is 39.0 Å². The molecule has 1 aromatic carbocycles. The molecule has 0 bridgehead atoms. The summed E-state index contributed by atoms with van der Waals surface area (Å²) in [5.74, 6) is -0.106. The topological polar surface area (TPSA) is 117 Å². The molecular weight excluding hydrogens is 392 g/mol. The zero-order chi connectivity index (χ0) is 22.2. The molecule has 1 aliphatic carbocycles.